The van der Waals surface area contributed by atoms with Crippen molar-refractivity contribution in [3.8, 4) is 0 Å². The number of halogens is 1. The standard InChI is InChI=1S/C11H14IN3O3/c12-8-4-5-9(10(7-8)15(17)18)14-6-2-1-3-11(13)16/h4-5,7,14H,1-3,6H2,(H2,13,16). The van der Waals surface area contributed by atoms with Crippen LogP contribution in [0.25, 0.3) is 0 Å². The summed E-state index contributed by atoms with van der Waals surface area (Å²) in [5.41, 5.74) is 5.58. The van der Waals surface area contributed by atoms with E-state index in [-0.39, 0.29) is 11.6 Å². The fourth-order valence-electron chi connectivity index (χ4n) is 1.45. The number of nitrogens with zero attached hydrogens (tertiary/aromatic N) is 1. The molecule has 18 heavy (non-hydrogen) atoms. The second kappa shape index (κ2) is 7.14. The summed E-state index contributed by atoms with van der Waals surface area (Å²) < 4.78 is 0.818. The van der Waals surface area contributed by atoms with Crippen LogP contribution in [0.15, 0.2) is 18.2 Å². The molecule has 1 amide bonds. The maximum atomic E-state index is 10.9. The summed E-state index contributed by atoms with van der Waals surface area (Å²) in [5.74, 6) is -0.324. The molecule has 1 rings (SSSR count). The lowest BCUT2D eigenvalue weighted by Gasteiger charge is -2.06. The van der Waals surface area contributed by atoms with E-state index in [4.69, 9.17) is 5.73 Å². The molecule has 0 spiro atoms. The van der Waals surface area contributed by atoms with Crippen molar-refractivity contribution >= 4 is 39.9 Å². The number of nitro benzene ring substituents is 1. The number of anilines is 1. The minimum atomic E-state index is -0.409. The molecular formula is C11H14IN3O3. The van der Waals surface area contributed by atoms with E-state index in [1.165, 1.54) is 6.07 Å². The highest BCUT2D eigenvalue weighted by atomic mass is 127. The van der Waals surface area contributed by atoms with Crippen LogP contribution in [0.1, 0.15) is 19.3 Å². The van der Waals surface area contributed by atoms with Crippen LogP contribution in [0, 0.1) is 13.7 Å². The summed E-state index contributed by atoms with van der Waals surface area (Å²) in [6.07, 6.45) is 1.77. The van der Waals surface area contributed by atoms with Crippen LogP contribution in [-0.2, 0) is 4.79 Å². The summed E-state index contributed by atoms with van der Waals surface area (Å²) in [4.78, 5) is 21.0. The molecule has 98 valence electrons. The van der Waals surface area contributed by atoms with Gasteiger partial charge in [-0.2, -0.15) is 0 Å². The lowest BCUT2D eigenvalue weighted by atomic mass is 10.2. The fraction of sp³-hybridized carbons (Fsp3) is 0.364. The molecule has 0 saturated carbocycles. The number of amides is 1. The van der Waals surface area contributed by atoms with Gasteiger partial charge in [0.05, 0.1) is 4.92 Å². The van der Waals surface area contributed by atoms with Crippen LogP contribution in [-0.4, -0.2) is 17.4 Å². The number of rotatable bonds is 7. The second-order valence-corrected chi connectivity index (χ2v) is 5.01. The zero-order valence-electron chi connectivity index (χ0n) is 9.69. The topological polar surface area (TPSA) is 98.3 Å². The molecule has 1 aromatic carbocycles. The van der Waals surface area contributed by atoms with Crippen molar-refractivity contribution in [1.29, 1.82) is 0 Å². The van der Waals surface area contributed by atoms with E-state index in [2.05, 4.69) is 5.32 Å². The van der Waals surface area contributed by atoms with Gasteiger partial charge in [-0.3, -0.25) is 14.9 Å². The normalized spacial score (nSPS) is 10.1. The van der Waals surface area contributed by atoms with Gasteiger partial charge in [0, 0.05) is 22.6 Å². The first-order valence-corrected chi connectivity index (χ1v) is 6.54. The predicted octanol–water partition coefficient (Wildman–Crippen LogP) is 2.27. The molecule has 0 radical (unpaired) electrons. The third-order valence-electron chi connectivity index (χ3n) is 2.32. The first kappa shape index (κ1) is 14.7. The van der Waals surface area contributed by atoms with Gasteiger partial charge in [0.25, 0.3) is 5.69 Å². The van der Waals surface area contributed by atoms with Crippen molar-refractivity contribution in [1.82, 2.24) is 0 Å². The van der Waals surface area contributed by atoms with Gasteiger partial charge < -0.3 is 11.1 Å². The van der Waals surface area contributed by atoms with Crippen molar-refractivity contribution in [2.24, 2.45) is 5.73 Å². The van der Waals surface area contributed by atoms with Gasteiger partial charge in [0.15, 0.2) is 0 Å². The Balaban J connectivity index is 2.51. The molecule has 0 bridgehead atoms. The number of hydrogen-bond acceptors (Lipinski definition) is 4. The van der Waals surface area contributed by atoms with E-state index < -0.39 is 4.92 Å². The van der Waals surface area contributed by atoms with E-state index in [1.54, 1.807) is 12.1 Å². The predicted molar refractivity (Wildman–Crippen MR) is 77.3 cm³/mol. The number of nitrogens with one attached hydrogen (secondary N) is 1. The Morgan fingerprint density at radius 1 is 1.44 bits per heavy atom. The Morgan fingerprint density at radius 2 is 2.17 bits per heavy atom. The molecule has 3 N–H and O–H groups in total. The minimum Gasteiger partial charge on any atom is -0.379 e. The van der Waals surface area contributed by atoms with Crippen LogP contribution in [0.2, 0.25) is 0 Å². The molecule has 0 aliphatic heterocycles. The second-order valence-electron chi connectivity index (χ2n) is 3.77. The van der Waals surface area contributed by atoms with E-state index in [0.29, 0.717) is 25.1 Å². The maximum Gasteiger partial charge on any atom is 0.293 e. The van der Waals surface area contributed by atoms with Gasteiger partial charge in [-0.25, -0.2) is 0 Å². The summed E-state index contributed by atoms with van der Waals surface area (Å²) in [7, 11) is 0. The first-order valence-electron chi connectivity index (χ1n) is 5.47. The van der Waals surface area contributed by atoms with Crippen LogP contribution in [0.4, 0.5) is 11.4 Å². The van der Waals surface area contributed by atoms with Crippen LogP contribution < -0.4 is 11.1 Å². The molecule has 0 saturated heterocycles. The number of carbonyl (C=O) groups excluding carboxylic acids is 1. The molecular weight excluding hydrogens is 349 g/mol. The van der Waals surface area contributed by atoms with E-state index in [0.717, 1.165) is 9.99 Å². The third kappa shape index (κ3) is 4.86. The third-order valence-corrected chi connectivity index (χ3v) is 2.99. The lowest BCUT2D eigenvalue weighted by Crippen LogP contribution is -2.11. The molecule has 0 heterocycles. The van der Waals surface area contributed by atoms with Crippen molar-refractivity contribution in [2.75, 3.05) is 11.9 Å². The van der Waals surface area contributed by atoms with Gasteiger partial charge in [0.1, 0.15) is 5.69 Å². The van der Waals surface area contributed by atoms with Gasteiger partial charge in [-0.15, -0.1) is 0 Å². The average Bonchev–Trinajstić information content (AvgIpc) is 2.29. The first-order chi connectivity index (χ1) is 8.50. The van der Waals surface area contributed by atoms with Crippen LogP contribution in [0.5, 0.6) is 0 Å². The molecule has 6 nitrogen and oxygen atoms in total. The number of hydrogen-bond donors (Lipinski definition) is 2. The number of unbranched alkanes of at least 4 members (excludes halogenated alkanes) is 1. The Bertz CT molecular complexity index is 451. The van der Waals surface area contributed by atoms with E-state index in [1.807, 2.05) is 22.6 Å². The molecule has 7 heteroatoms. The molecule has 0 aliphatic carbocycles. The monoisotopic (exact) mass is 363 g/mol. The largest absolute Gasteiger partial charge is 0.379 e. The summed E-state index contributed by atoms with van der Waals surface area (Å²) in [6, 6.07) is 5.01. The smallest absolute Gasteiger partial charge is 0.293 e. The molecule has 0 fully saturated rings. The molecule has 0 aromatic heterocycles. The molecule has 0 unspecified atom stereocenters. The summed E-state index contributed by atoms with van der Waals surface area (Å²) in [6.45, 7) is 0.578. The fourth-order valence-corrected chi connectivity index (χ4v) is 1.93. The van der Waals surface area contributed by atoms with Crippen LogP contribution >= 0.6 is 22.6 Å². The number of nitro groups is 1. The van der Waals surface area contributed by atoms with Gasteiger partial charge in [-0.05, 0) is 47.6 Å². The van der Waals surface area contributed by atoms with Crippen molar-refractivity contribution in [3.05, 3.63) is 31.9 Å². The minimum absolute atomic E-state index is 0.0665. The van der Waals surface area contributed by atoms with Gasteiger partial charge in [0.2, 0.25) is 5.91 Å². The van der Waals surface area contributed by atoms with E-state index in [9.17, 15) is 14.9 Å². The average molecular weight is 363 g/mol. The molecule has 0 aliphatic rings. The zero-order valence-corrected chi connectivity index (χ0v) is 11.8. The van der Waals surface area contributed by atoms with Gasteiger partial charge >= 0.3 is 0 Å². The quantitative estimate of drug-likeness (QED) is 0.336. The summed E-state index contributed by atoms with van der Waals surface area (Å²) in [5, 5.41) is 13.9. The lowest BCUT2D eigenvalue weighted by molar-refractivity contribution is -0.384. The molecule has 1 aromatic rings. The Hall–Kier alpha value is -1.38. The maximum absolute atomic E-state index is 10.9. The SMILES string of the molecule is NC(=O)CCCCNc1ccc(I)cc1[N+](=O)[O-]. The zero-order chi connectivity index (χ0) is 13.5. The number of primary amides is 1. The summed E-state index contributed by atoms with van der Waals surface area (Å²) >= 11 is 2.03. The highest BCUT2D eigenvalue weighted by molar-refractivity contribution is 14.1. The van der Waals surface area contributed by atoms with E-state index >= 15 is 0 Å². The number of nitrogens with two attached hydrogens (primary N) is 1. The van der Waals surface area contributed by atoms with Crippen molar-refractivity contribution in [2.45, 2.75) is 19.3 Å². The Kier molecular flexibility index (Phi) is 5.83. The van der Waals surface area contributed by atoms with Crippen molar-refractivity contribution in [3.63, 3.8) is 0 Å². The van der Waals surface area contributed by atoms with Gasteiger partial charge in [-0.1, -0.05) is 0 Å². The number of benzene rings is 1. The van der Waals surface area contributed by atoms with Crippen molar-refractivity contribution < 1.29 is 9.72 Å². The highest BCUT2D eigenvalue weighted by Crippen LogP contribution is 2.26. The molecule has 0 atom stereocenters. The Morgan fingerprint density at radius 3 is 2.78 bits per heavy atom. The number of carbonyl (C=O) groups is 1. The van der Waals surface area contributed by atoms with Crippen LogP contribution in [0.3, 0.4) is 0 Å². The Labute approximate surface area is 118 Å². The highest BCUT2D eigenvalue weighted by Gasteiger charge is 2.13.